The fraction of sp³-hybridized carbons (Fsp3) is 0.111. The summed E-state index contributed by atoms with van der Waals surface area (Å²) in [4.78, 5) is 0. The molecular weight excluding hydrogens is 216 g/mol. The van der Waals surface area contributed by atoms with Gasteiger partial charge in [-0.2, -0.15) is 0 Å². The largest absolute Gasteiger partial charge is 0.0722 e. The van der Waals surface area contributed by atoms with Gasteiger partial charge in [-0.25, -0.2) is 0 Å². The van der Waals surface area contributed by atoms with E-state index in [2.05, 4.69) is 73.7 Å². The molecule has 0 atom stereocenters. The molecule has 0 spiro atoms. The Labute approximate surface area is 108 Å². The maximum absolute atomic E-state index is 2.32. The van der Waals surface area contributed by atoms with Crippen LogP contribution in [0.25, 0.3) is 17.2 Å². The molecule has 0 unspecified atom stereocenters. The van der Waals surface area contributed by atoms with Gasteiger partial charge in [0.25, 0.3) is 0 Å². The first-order valence-electron chi connectivity index (χ1n) is 6.37. The molecular formula is C18H16. The lowest BCUT2D eigenvalue weighted by molar-refractivity contribution is 1.44. The number of hydrogen-bond acceptors (Lipinski definition) is 0. The zero-order valence-corrected chi connectivity index (χ0v) is 10.6. The van der Waals surface area contributed by atoms with E-state index in [0.29, 0.717) is 0 Å². The molecule has 3 rings (SSSR count). The fourth-order valence-electron chi connectivity index (χ4n) is 2.51. The number of rotatable bonds is 1. The summed E-state index contributed by atoms with van der Waals surface area (Å²) in [5.41, 5.74) is 4.06. The van der Waals surface area contributed by atoms with E-state index < -0.39 is 0 Å². The normalized spacial score (nSPS) is 14.3. The number of hydrogen-bond donors (Lipinski definition) is 0. The molecule has 1 aliphatic carbocycles. The van der Waals surface area contributed by atoms with Crippen molar-refractivity contribution in [2.75, 3.05) is 0 Å². The van der Waals surface area contributed by atoms with Crippen molar-refractivity contribution >= 4 is 17.2 Å². The van der Waals surface area contributed by atoms with E-state index in [-0.39, 0.29) is 0 Å². The van der Waals surface area contributed by atoms with Crippen molar-refractivity contribution in [1.82, 2.24) is 0 Å². The van der Waals surface area contributed by atoms with Crippen molar-refractivity contribution in [3.63, 3.8) is 0 Å². The molecule has 18 heavy (non-hydrogen) atoms. The van der Waals surface area contributed by atoms with Crippen LogP contribution in [0.3, 0.4) is 0 Å². The summed E-state index contributed by atoms with van der Waals surface area (Å²) < 4.78 is 0. The van der Waals surface area contributed by atoms with Gasteiger partial charge in [0.15, 0.2) is 0 Å². The van der Waals surface area contributed by atoms with Crippen LogP contribution in [0, 0.1) is 0 Å². The Morgan fingerprint density at radius 2 is 1.56 bits per heavy atom. The van der Waals surface area contributed by atoms with Crippen molar-refractivity contribution in [3.05, 3.63) is 76.7 Å². The van der Waals surface area contributed by atoms with Crippen LogP contribution in [0.5, 0.6) is 0 Å². The van der Waals surface area contributed by atoms with Crippen molar-refractivity contribution in [1.29, 1.82) is 0 Å². The summed E-state index contributed by atoms with van der Waals surface area (Å²) in [5, 5.41) is 2.70. The van der Waals surface area contributed by atoms with Gasteiger partial charge in [0.05, 0.1) is 0 Å². The Bertz CT molecular complexity index is 703. The van der Waals surface area contributed by atoms with E-state index in [9.17, 15) is 0 Å². The predicted octanol–water partition coefficient (Wildman–Crippen LogP) is 3.13. The molecule has 0 heterocycles. The summed E-state index contributed by atoms with van der Waals surface area (Å²) in [7, 11) is 0. The van der Waals surface area contributed by atoms with Crippen LogP contribution in [0.4, 0.5) is 0 Å². The zero-order valence-electron chi connectivity index (χ0n) is 10.6. The summed E-state index contributed by atoms with van der Waals surface area (Å²) in [5.74, 6) is 0. The Morgan fingerprint density at radius 3 is 2.39 bits per heavy atom. The first-order valence-corrected chi connectivity index (χ1v) is 6.37. The highest BCUT2D eigenvalue weighted by Crippen LogP contribution is 2.21. The third-order valence-electron chi connectivity index (χ3n) is 3.46. The number of fused-ring (bicyclic) bond motifs is 1. The van der Waals surface area contributed by atoms with Crippen molar-refractivity contribution < 1.29 is 0 Å². The molecule has 0 amide bonds. The number of allylic oxidation sites excluding steroid dienone is 2. The molecule has 0 nitrogen and oxygen atoms in total. The lowest BCUT2D eigenvalue weighted by Crippen LogP contribution is -2.24. The van der Waals surface area contributed by atoms with Gasteiger partial charge < -0.3 is 0 Å². The van der Waals surface area contributed by atoms with Crippen molar-refractivity contribution in [2.45, 2.75) is 13.3 Å². The Morgan fingerprint density at radius 1 is 0.833 bits per heavy atom. The first-order chi connectivity index (χ1) is 8.84. The van der Waals surface area contributed by atoms with Gasteiger partial charge in [-0.3, -0.25) is 0 Å². The second-order valence-corrected chi connectivity index (χ2v) is 4.71. The summed E-state index contributed by atoms with van der Waals surface area (Å²) in [6, 6.07) is 19.2. The van der Waals surface area contributed by atoms with Crippen LogP contribution in [-0.4, -0.2) is 0 Å². The van der Waals surface area contributed by atoms with Crippen LogP contribution < -0.4 is 10.4 Å². The Hall–Kier alpha value is -2.08. The third kappa shape index (κ3) is 2.02. The van der Waals surface area contributed by atoms with Gasteiger partial charge in [0.1, 0.15) is 0 Å². The maximum atomic E-state index is 2.32. The molecule has 1 aliphatic rings. The molecule has 0 heteroatoms. The predicted molar refractivity (Wildman–Crippen MR) is 78.3 cm³/mol. The second kappa shape index (κ2) is 4.66. The van der Waals surface area contributed by atoms with E-state index >= 15 is 0 Å². The number of benzene rings is 2. The van der Waals surface area contributed by atoms with Crippen LogP contribution in [0.1, 0.15) is 18.9 Å². The minimum atomic E-state index is 0.998. The highest BCUT2D eigenvalue weighted by molar-refractivity contribution is 5.79. The van der Waals surface area contributed by atoms with Crippen LogP contribution in [0.2, 0.25) is 0 Å². The smallest absolute Gasteiger partial charge is 0.00822 e. The lowest BCUT2D eigenvalue weighted by atomic mass is 10.0. The van der Waals surface area contributed by atoms with Crippen molar-refractivity contribution in [2.24, 2.45) is 0 Å². The fourth-order valence-corrected chi connectivity index (χ4v) is 2.51. The van der Waals surface area contributed by atoms with E-state index in [0.717, 1.165) is 6.42 Å². The molecule has 0 bridgehead atoms. The van der Waals surface area contributed by atoms with Gasteiger partial charge >= 0.3 is 0 Å². The molecule has 0 saturated carbocycles. The Kier molecular flexibility index (Phi) is 2.85. The topological polar surface area (TPSA) is 0 Å². The molecule has 0 aliphatic heterocycles. The molecule has 0 fully saturated rings. The van der Waals surface area contributed by atoms with Crippen LogP contribution >= 0.6 is 0 Å². The molecule has 0 saturated heterocycles. The molecule has 88 valence electrons. The van der Waals surface area contributed by atoms with E-state index in [1.807, 2.05) is 0 Å². The van der Waals surface area contributed by atoms with E-state index in [4.69, 9.17) is 0 Å². The van der Waals surface area contributed by atoms with Gasteiger partial charge in [-0.15, -0.1) is 0 Å². The molecule has 0 N–H and O–H groups in total. The van der Waals surface area contributed by atoms with Gasteiger partial charge in [-0.05, 0) is 40.5 Å². The highest BCUT2D eigenvalue weighted by atomic mass is 14.1. The quantitative estimate of drug-likeness (QED) is 0.708. The summed E-state index contributed by atoms with van der Waals surface area (Å²) >= 11 is 0. The van der Waals surface area contributed by atoms with Gasteiger partial charge in [0.2, 0.25) is 0 Å². The van der Waals surface area contributed by atoms with Crippen LogP contribution in [-0.2, 0) is 0 Å². The average Bonchev–Trinajstić information content (AvgIpc) is 2.60. The summed E-state index contributed by atoms with van der Waals surface area (Å²) in [6.07, 6.45) is 5.64. The minimum absolute atomic E-state index is 0.998. The highest BCUT2D eigenvalue weighted by Gasteiger charge is 2.03. The average molecular weight is 232 g/mol. The zero-order chi connectivity index (χ0) is 12.4. The molecule has 0 aromatic heterocycles. The standard InChI is InChI=1S/C18H16/c1-14-13-17(15-7-3-2-4-8-15)12-11-16-9-5-6-10-18(14)16/h2-11,13H,12H2,1H3. The lowest BCUT2D eigenvalue weighted by Gasteiger charge is -2.04. The first kappa shape index (κ1) is 11.0. The van der Waals surface area contributed by atoms with Gasteiger partial charge in [0, 0.05) is 0 Å². The minimum Gasteiger partial charge on any atom is -0.0722 e. The van der Waals surface area contributed by atoms with Crippen LogP contribution in [0.15, 0.2) is 60.7 Å². The maximum Gasteiger partial charge on any atom is -0.00822 e. The molecule has 2 aromatic carbocycles. The third-order valence-corrected chi connectivity index (χ3v) is 3.46. The monoisotopic (exact) mass is 232 g/mol. The van der Waals surface area contributed by atoms with Crippen molar-refractivity contribution in [3.8, 4) is 0 Å². The SMILES string of the molecule is CC1=c2ccccc2=CCC(c2ccccc2)=C1. The second-order valence-electron chi connectivity index (χ2n) is 4.71. The molecule has 2 aromatic rings. The summed E-state index contributed by atoms with van der Waals surface area (Å²) in [6.45, 7) is 2.20. The van der Waals surface area contributed by atoms with Gasteiger partial charge in [-0.1, -0.05) is 66.7 Å². The molecule has 0 radical (unpaired) electrons. The van der Waals surface area contributed by atoms with E-state index in [1.54, 1.807) is 0 Å². The Balaban J connectivity index is 2.17. The van der Waals surface area contributed by atoms with E-state index in [1.165, 1.54) is 27.1 Å².